The van der Waals surface area contributed by atoms with Crippen molar-refractivity contribution in [3.8, 4) is 0 Å². The molecule has 1 aliphatic heterocycles. The maximum absolute atomic E-state index is 11.8. The first-order chi connectivity index (χ1) is 8.58. The SMILES string of the molecule is CCOC(=O)[C@@]1(C)N=C(c2ccccc2)OC1=O. The topological polar surface area (TPSA) is 65.0 Å². The number of ether oxygens (including phenoxy) is 2. The summed E-state index contributed by atoms with van der Waals surface area (Å²) < 4.78 is 9.88. The summed E-state index contributed by atoms with van der Waals surface area (Å²) in [5.74, 6) is -1.25. The third-order valence-electron chi connectivity index (χ3n) is 2.61. The number of carbonyl (C=O) groups is 2. The number of carbonyl (C=O) groups excluding carboxylic acids is 2. The van der Waals surface area contributed by atoms with Gasteiger partial charge in [-0.15, -0.1) is 0 Å². The normalized spacial score (nSPS) is 22.3. The molecule has 5 heteroatoms. The van der Waals surface area contributed by atoms with E-state index in [9.17, 15) is 9.59 Å². The van der Waals surface area contributed by atoms with Gasteiger partial charge < -0.3 is 9.47 Å². The molecule has 0 N–H and O–H groups in total. The zero-order chi connectivity index (χ0) is 13.2. The Labute approximate surface area is 104 Å². The lowest BCUT2D eigenvalue weighted by Crippen LogP contribution is -2.40. The van der Waals surface area contributed by atoms with E-state index in [2.05, 4.69) is 4.99 Å². The van der Waals surface area contributed by atoms with Crippen LogP contribution in [0.4, 0.5) is 0 Å². The summed E-state index contributed by atoms with van der Waals surface area (Å²) in [6.07, 6.45) is 0. The molecule has 1 aliphatic rings. The maximum atomic E-state index is 11.8. The van der Waals surface area contributed by atoms with Crippen LogP contribution >= 0.6 is 0 Å². The van der Waals surface area contributed by atoms with Gasteiger partial charge in [0.15, 0.2) is 0 Å². The molecule has 0 amide bonds. The molecule has 0 fully saturated rings. The fourth-order valence-electron chi connectivity index (χ4n) is 1.56. The van der Waals surface area contributed by atoms with Crippen LogP contribution in [0, 0.1) is 0 Å². The van der Waals surface area contributed by atoms with Crippen molar-refractivity contribution < 1.29 is 19.1 Å². The van der Waals surface area contributed by atoms with Crippen LogP contribution < -0.4 is 0 Å². The molecule has 0 aliphatic carbocycles. The number of hydrogen-bond donors (Lipinski definition) is 0. The van der Waals surface area contributed by atoms with E-state index >= 15 is 0 Å². The van der Waals surface area contributed by atoms with Crippen molar-refractivity contribution in [2.45, 2.75) is 19.4 Å². The molecule has 0 radical (unpaired) electrons. The highest BCUT2D eigenvalue weighted by Crippen LogP contribution is 2.24. The Hall–Kier alpha value is -2.17. The summed E-state index contributed by atoms with van der Waals surface area (Å²) in [6.45, 7) is 3.25. The molecule has 1 heterocycles. The molecule has 0 aromatic heterocycles. The number of rotatable bonds is 3. The van der Waals surface area contributed by atoms with Crippen molar-refractivity contribution >= 4 is 17.8 Å². The van der Waals surface area contributed by atoms with Gasteiger partial charge in [0.05, 0.1) is 6.61 Å². The average Bonchev–Trinajstić information content (AvgIpc) is 2.69. The number of aliphatic imine (C=N–C) groups is 1. The van der Waals surface area contributed by atoms with E-state index < -0.39 is 17.5 Å². The van der Waals surface area contributed by atoms with Crippen molar-refractivity contribution in [3.63, 3.8) is 0 Å². The predicted molar refractivity (Wildman–Crippen MR) is 64.1 cm³/mol. The minimum Gasteiger partial charge on any atom is -0.464 e. The summed E-state index contributed by atoms with van der Waals surface area (Å²) in [5, 5.41) is 0. The van der Waals surface area contributed by atoms with Crippen molar-refractivity contribution in [1.29, 1.82) is 0 Å². The van der Waals surface area contributed by atoms with E-state index in [1.165, 1.54) is 6.92 Å². The van der Waals surface area contributed by atoms with E-state index in [0.717, 1.165) is 0 Å². The second kappa shape index (κ2) is 4.60. The highest BCUT2D eigenvalue weighted by atomic mass is 16.6. The second-order valence-electron chi connectivity index (χ2n) is 3.97. The molecule has 18 heavy (non-hydrogen) atoms. The van der Waals surface area contributed by atoms with Gasteiger partial charge in [0.1, 0.15) is 0 Å². The first-order valence-electron chi connectivity index (χ1n) is 5.62. The van der Waals surface area contributed by atoms with Crippen LogP contribution in [0.1, 0.15) is 19.4 Å². The molecular formula is C13H13NO4. The van der Waals surface area contributed by atoms with Gasteiger partial charge in [-0.05, 0) is 26.0 Å². The van der Waals surface area contributed by atoms with Crippen LogP contribution in [0.5, 0.6) is 0 Å². The Morgan fingerprint density at radius 3 is 2.67 bits per heavy atom. The lowest BCUT2D eigenvalue weighted by atomic mass is 10.1. The highest BCUT2D eigenvalue weighted by molar-refractivity contribution is 6.16. The Kier molecular flexibility index (Phi) is 3.14. The summed E-state index contributed by atoms with van der Waals surface area (Å²) in [5.41, 5.74) is -0.944. The molecular weight excluding hydrogens is 234 g/mol. The Morgan fingerprint density at radius 2 is 2.06 bits per heavy atom. The minimum atomic E-state index is -1.60. The molecule has 5 nitrogen and oxygen atoms in total. The van der Waals surface area contributed by atoms with Gasteiger partial charge in [0, 0.05) is 5.56 Å². The summed E-state index contributed by atoms with van der Waals surface area (Å²) in [4.78, 5) is 27.5. The van der Waals surface area contributed by atoms with Gasteiger partial charge in [-0.2, -0.15) is 0 Å². The maximum Gasteiger partial charge on any atom is 0.352 e. The Bertz CT molecular complexity index is 509. The Morgan fingerprint density at radius 1 is 1.39 bits per heavy atom. The zero-order valence-electron chi connectivity index (χ0n) is 10.2. The molecule has 0 bridgehead atoms. The lowest BCUT2D eigenvalue weighted by molar-refractivity contribution is -0.156. The number of benzene rings is 1. The van der Waals surface area contributed by atoms with Gasteiger partial charge in [0.25, 0.3) is 5.54 Å². The van der Waals surface area contributed by atoms with Crippen molar-refractivity contribution in [3.05, 3.63) is 35.9 Å². The smallest absolute Gasteiger partial charge is 0.352 e. The molecule has 0 saturated heterocycles. The Balaban J connectivity index is 2.32. The molecule has 0 spiro atoms. The second-order valence-corrected chi connectivity index (χ2v) is 3.97. The fourth-order valence-corrected chi connectivity index (χ4v) is 1.56. The van der Waals surface area contributed by atoms with Gasteiger partial charge in [-0.3, -0.25) is 0 Å². The van der Waals surface area contributed by atoms with Gasteiger partial charge in [-0.1, -0.05) is 18.2 Å². The van der Waals surface area contributed by atoms with E-state index in [0.29, 0.717) is 5.56 Å². The predicted octanol–water partition coefficient (Wildman–Crippen LogP) is 1.31. The van der Waals surface area contributed by atoms with E-state index in [1.807, 2.05) is 6.07 Å². The largest absolute Gasteiger partial charge is 0.464 e. The number of esters is 2. The minimum absolute atomic E-state index is 0.149. The van der Waals surface area contributed by atoms with Gasteiger partial charge in [-0.25, -0.2) is 14.6 Å². The third-order valence-corrected chi connectivity index (χ3v) is 2.61. The summed E-state index contributed by atoms with van der Waals surface area (Å²) in [7, 11) is 0. The molecule has 2 rings (SSSR count). The molecule has 0 saturated carbocycles. The standard InChI is InChI=1S/C13H13NO4/c1-3-17-11(15)13(2)12(16)18-10(14-13)9-7-5-4-6-8-9/h4-8H,3H2,1-2H3/t13-/m1/s1. The number of cyclic esters (lactones) is 1. The van der Waals surface area contributed by atoms with Gasteiger partial charge >= 0.3 is 11.9 Å². The average molecular weight is 247 g/mol. The first kappa shape index (κ1) is 12.3. The zero-order valence-corrected chi connectivity index (χ0v) is 10.2. The van der Waals surface area contributed by atoms with Crippen LogP contribution in [-0.4, -0.2) is 30.0 Å². The fraction of sp³-hybridized carbons (Fsp3) is 0.308. The van der Waals surface area contributed by atoms with Crippen molar-refractivity contribution in [2.75, 3.05) is 6.61 Å². The quantitative estimate of drug-likeness (QED) is 0.596. The van der Waals surface area contributed by atoms with Crippen LogP contribution in [0.15, 0.2) is 35.3 Å². The van der Waals surface area contributed by atoms with Gasteiger partial charge in [0.2, 0.25) is 5.90 Å². The summed E-state index contributed by atoms with van der Waals surface area (Å²) in [6, 6.07) is 8.94. The third kappa shape index (κ3) is 1.99. The van der Waals surface area contributed by atoms with Crippen molar-refractivity contribution in [1.82, 2.24) is 0 Å². The van der Waals surface area contributed by atoms with E-state index in [4.69, 9.17) is 9.47 Å². The molecule has 1 atom stereocenters. The molecule has 1 aromatic carbocycles. The first-order valence-corrected chi connectivity index (χ1v) is 5.62. The molecule has 94 valence electrons. The number of nitrogens with zero attached hydrogens (tertiary/aromatic N) is 1. The number of hydrogen-bond acceptors (Lipinski definition) is 5. The lowest BCUT2D eigenvalue weighted by Gasteiger charge is -2.13. The van der Waals surface area contributed by atoms with E-state index in [-0.39, 0.29) is 12.5 Å². The van der Waals surface area contributed by atoms with Crippen molar-refractivity contribution in [2.24, 2.45) is 4.99 Å². The monoisotopic (exact) mass is 247 g/mol. The van der Waals surface area contributed by atoms with Crippen LogP contribution in [-0.2, 0) is 19.1 Å². The van der Waals surface area contributed by atoms with Crippen LogP contribution in [0.2, 0.25) is 0 Å². The molecule has 0 unspecified atom stereocenters. The molecule has 1 aromatic rings. The van der Waals surface area contributed by atoms with Crippen LogP contribution in [0.3, 0.4) is 0 Å². The summed E-state index contributed by atoms with van der Waals surface area (Å²) >= 11 is 0. The highest BCUT2D eigenvalue weighted by Gasteiger charge is 2.50. The van der Waals surface area contributed by atoms with E-state index in [1.54, 1.807) is 31.2 Å². The van der Waals surface area contributed by atoms with Crippen LogP contribution in [0.25, 0.3) is 0 Å².